The molecule has 3 heterocycles. The minimum absolute atomic E-state index is 0.591. The maximum absolute atomic E-state index is 6.88. The molecule has 3 aromatic heterocycles. The Balaban J connectivity index is 1.06. The summed E-state index contributed by atoms with van der Waals surface area (Å²) >= 11 is 0. The Bertz CT molecular complexity index is 3590. The summed E-state index contributed by atoms with van der Waals surface area (Å²) in [5.74, 6) is 1.81. The number of nitrogens with zero attached hydrogens (tertiary/aromatic N) is 4. The van der Waals surface area contributed by atoms with Gasteiger partial charge >= 0.3 is 0 Å². The van der Waals surface area contributed by atoms with Crippen LogP contribution in [0.15, 0.2) is 223 Å². The molecule has 5 heteroatoms. The molecule has 0 aliphatic rings. The van der Waals surface area contributed by atoms with Crippen molar-refractivity contribution in [3.8, 4) is 73.2 Å². The van der Waals surface area contributed by atoms with Crippen LogP contribution in [-0.2, 0) is 0 Å². The topological polar surface area (TPSA) is 56.7 Å². The van der Waals surface area contributed by atoms with Gasteiger partial charge in [0, 0.05) is 38.4 Å². The number of para-hydroxylation sites is 3. The maximum Gasteiger partial charge on any atom is 0.166 e. The van der Waals surface area contributed by atoms with Gasteiger partial charge in [-0.2, -0.15) is 0 Å². The number of hydrogen-bond donors (Lipinski definition) is 0. The van der Waals surface area contributed by atoms with Crippen molar-refractivity contribution in [3.63, 3.8) is 0 Å². The highest BCUT2D eigenvalue weighted by molar-refractivity contribution is 6.25. The quantitative estimate of drug-likeness (QED) is 0.161. The molecule has 0 fully saturated rings. The van der Waals surface area contributed by atoms with Crippen LogP contribution < -0.4 is 0 Å². The predicted octanol–water partition coefficient (Wildman–Crippen LogP) is 14.9. The number of hydrogen-bond acceptors (Lipinski definition) is 4. The molecule has 0 aliphatic heterocycles. The Morgan fingerprint density at radius 3 is 1.48 bits per heavy atom. The fourth-order valence-electron chi connectivity index (χ4n) is 8.93. The third kappa shape index (κ3) is 5.98. The van der Waals surface area contributed by atoms with Gasteiger partial charge in [-0.05, 0) is 58.1 Å². The highest BCUT2D eigenvalue weighted by Crippen LogP contribution is 2.44. The van der Waals surface area contributed by atoms with Crippen molar-refractivity contribution in [2.45, 2.75) is 0 Å². The molecule has 0 bridgehead atoms. The van der Waals surface area contributed by atoms with Crippen molar-refractivity contribution >= 4 is 43.7 Å². The third-order valence-corrected chi connectivity index (χ3v) is 11.9. The minimum atomic E-state index is 0.591. The second kappa shape index (κ2) is 14.7. The monoisotopic (exact) mass is 792 g/mol. The minimum Gasteiger partial charge on any atom is -0.455 e. The van der Waals surface area contributed by atoms with Gasteiger partial charge in [0.05, 0.1) is 22.1 Å². The lowest BCUT2D eigenvalue weighted by Crippen LogP contribution is -2.03. The van der Waals surface area contributed by atoms with Crippen LogP contribution >= 0.6 is 0 Å². The molecule has 0 unspecified atom stereocenters. The fourth-order valence-corrected chi connectivity index (χ4v) is 8.93. The average Bonchev–Trinajstić information content (AvgIpc) is 3.91. The summed E-state index contributed by atoms with van der Waals surface area (Å²) < 4.78 is 9.26. The number of fused-ring (bicyclic) bond motifs is 7. The first-order valence-electron chi connectivity index (χ1n) is 20.9. The molecule has 0 radical (unpaired) electrons. The maximum atomic E-state index is 6.88. The van der Waals surface area contributed by atoms with Gasteiger partial charge in [0.1, 0.15) is 11.2 Å². The van der Waals surface area contributed by atoms with Gasteiger partial charge in [-0.1, -0.05) is 188 Å². The number of rotatable bonds is 7. The van der Waals surface area contributed by atoms with E-state index in [1.54, 1.807) is 0 Å². The molecular weight excluding hydrogens is 757 g/mol. The Morgan fingerprint density at radius 2 is 0.806 bits per heavy atom. The summed E-state index contributed by atoms with van der Waals surface area (Å²) in [5, 5.41) is 4.42. The van der Waals surface area contributed by atoms with Gasteiger partial charge in [-0.3, -0.25) is 0 Å². The van der Waals surface area contributed by atoms with Gasteiger partial charge in [-0.25, -0.2) is 15.0 Å². The Labute approximate surface area is 357 Å². The van der Waals surface area contributed by atoms with E-state index in [9.17, 15) is 0 Å². The van der Waals surface area contributed by atoms with E-state index in [1.807, 2.05) is 42.5 Å². The first-order chi connectivity index (χ1) is 30.7. The van der Waals surface area contributed by atoms with E-state index in [0.29, 0.717) is 17.5 Å². The number of furan rings is 1. The van der Waals surface area contributed by atoms with Crippen molar-refractivity contribution in [1.29, 1.82) is 0 Å². The van der Waals surface area contributed by atoms with Crippen molar-refractivity contribution in [2.24, 2.45) is 0 Å². The van der Waals surface area contributed by atoms with E-state index in [2.05, 4.69) is 180 Å². The molecule has 0 aliphatic carbocycles. The van der Waals surface area contributed by atoms with E-state index in [0.717, 1.165) is 88.4 Å². The van der Waals surface area contributed by atoms with Crippen LogP contribution in [0.25, 0.3) is 117 Å². The normalized spacial score (nSPS) is 11.5. The molecule has 9 aromatic carbocycles. The molecule has 12 aromatic rings. The first kappa shape index (κ1) is 35.5. The van der Waals surface area contributed by atoms with E-state index in [4.69, 9.17) is 19.4 Å². The van der Waals surface area contributed by atoms with Crippen molar-refractivity contribution in [1.82, 2.24) is 19.5 Å². The molecule has 0 atom stereocenters. The zero-order valence-electron chi connectivity index (χ0n) is 33.5. The van der Waals surface area contributed by atoms with Crippen LogP contribution in [0, 0.1) is 0 Å². The second-order valence-electron chi connectivity index (χ2n) is 15.5. The van der Waals surface area contributed by atoms with Gasteiger partial charge in [-0.15, -0.1) is 0 Å². The third-order valence-electron chi connectivity index (χ3n) is 11.9. The highest BCUT2D eigenvalue weighted by atomic mass is 16.3. The van der Waals surface area contributed by atoms with Crippen LogP contribution in [0.4, 0.5) is 0 Å². The lowest BCUT2D eigenvalue weighted by Gasteiger charge is -2.15. The van der Waals surface area contributed by atoms with Crippen LogP contribution in [0.1, 0.15) is 0 Å². The molecular formula is C57H36N4O. The van der Waals surface area contributed by atoms with Crippen molar-refractivity contribution < 1.29 is 4.42 Å². The van der Waals surface area contributed by atoms with E-state index in [1.165, 1.54) is 11.1 Å². The summed E-state index contributed by atoms with van der Waals surface area (Å²) in [6.45, 7) is 0. The van der Waals surface area contributed by atoms with E-state index >= 15 is 0 Å². The van der Waals surface area contributed by atoms with Gasteiger partial charge < -0.3 is 8.98 Å². The van der Waals surface area contributed by atoms with Crippen LogP contribution in [-0.4, -0.2) is 19.5 Å². The highest BCUT2D eigenvalue weighted by Gasteiger charge is 2.23. The fraction of sp³-hybridized carbons (Fsp3) is 0. The summed E-state index contributed by atoms with van der Waals surface area (Å²) in [6.07, 6.45) is 0. The zero-order chi connectivity index (χ0) is 41.0. The second-order valence-corrected chi connectivity index (χ2v) is 15.5. The van der Waals surface area contributed by atoms with Crippen LogP contribution in [0.2, 0.25) is 0 Å². The average molecular weight is 793 g/mol. The molecule has 0 amide bonds. The summed E-state index contributed by atoms with van der Waals surface area (Å²) in [7, 11) is 0. The molecule has 12 rings (SSSR count). The molecule has 0 saturated heterocycles. The smallest absolute Gasteiger partial charge is 0.166 e. The van der Waals surface area contributed by atoms with Crippen LogP contribution in [0.3, 0.4) is 0 Å². The number of aromatic nitrogens is 4. The molecule has 290 valence electrons. The van der Waals surface area contributed by atoms with Crippen molar-refractivity contribution in [2.75, 3.05) is 0 Å². The molecule has 0 N–H and O–H groups in total. The van der Waals surface area contributed by atoms with E-state index < -0.39 is 0 Å². The summed E-state index contributed by atoms with van der Waals surface area (Å²) in [4.78, 5) is 15.5. The molecule has 0 saturated carbocycles. The van der Waals surface area contributed by atoms with E-state index in [-0.39, 0.29) is 0 Å². The standard InChI is InChI=1S/C57H36N4O/c1-4-15-37(16-5-1)39-27-31-41(32-28-39)44-23-14-24-48-52-51(62-54(44)48)36-35-46-45-21-10-12-25-49(45)61(53(46)52)50-26-13-11-22-47(50)57-59-55(42-19-8-3-9-20-42)58-56(60-57)43-33-29-40(30-34-43)38-17-6-2-7-18-38/h1-36H. The Hall–Kier alpha value is -8.41. The van der Waals surface area contributed by atoms with Gasteiger partial charge in [0.2, 0.25) is 0 Å². The van der Waals surface area contributed by atoms with Crippen molar-refractivity contribution in [3.05, 3.63) is 218 Å². The summed E-state index contributed by atoms with van der Waals surface area (Å²) in [6, 6.07) is 76.1. The lowest BCUT2D eigenvalue weighted by atomic mass is 9.98. The molecule has 5 nitrogen and oxygen atoms in total. The first-order valence-corrected chi connectivity index (χ1v) is 20.9. The Morgan fingerprint density at radius 1 is 0.323 bits per heavy atom. The largest absolute Gasteiger partial charge is 0.455 e. The van der Waals surface area contributed by atoms with Crippen LogP contribution in [0.5, 0.6) is 0 Å². The van der Waals surface area contributed by atoms with Gasteiger partial charge in [0.25, 0.3) is 0 Å². The summed E-state index contributed by atoms with van der Waals surface area (Å²) in [5.41, 5.74) is 14.4. The zero-order valence-corrected chi connectivity index (χ0v) is 33.5. The van der Waals surface area contributed by atoms with Gasteiger partial charge in [0.15, 0.2) is 17.5 Å². The SMILES string of the molecule is c1ccc(-c2ccc(-c3nc(-c4ccccc4)nc(-c4ccccc4-n4c5ccccc5c5ccc6oc7c(-c8ccc(-c9ccccc9)cc8)cccc7c6c54)n3)cc2)cc1. The Kier molecular flexibility index (Phi) is 8.42. The molecule has 62 heavy (non-hydrogen) atoms. The number of benzene rings is 9. The molecule has 0 spiro atoms. The predicted molar refractivity (Wildman–Crippen MR) is 254 cm³/mol. The lowest BCUT2D eigenvalue weighted by molar-refractivity contribution is 0.670.